The van der Waals surface area contributed by atoms with Crippen molar-refractivity contribution in [2.45, 2.75) is 19.3 Å². The molecule has 4 aromatic heterocycles. The van der Waals surface area contributed by atoms with Gasteiger partial charge < -0.3 is 13.3 Å². The van der Waals surface area contributed by atoms with E-state index in [4.69, 9.17) is 28.2 Å². The van der Waals surface area contributed by atoms with Gasteiger partial charge in [0.1, 0.15) is 33.5 Å². The van der Waals surface area contributed by atoms with Crippen LogP contribution in [-0.2, 0) is 5.41 Å². The van der Waals surface area contributed by atoms with Crippen molar-refractivity contribution in [3.05, 3.63) is 199 Å². The predicted octanol–water partition coefficient (Wildman–Crippen LogP) is 16.2. The van der Waals surface area contributed by atoms with E-state index in [9.17, 15) is 0 Å². The second kappa shape index (κ2) is 13.7. The molecule has 9 aromatic carbocycles. The third-order valence-electron chi connectivity index (χ3n) is 13.7. The molecule has 0 unspecified atom stereocenters. The van der Waals surface area contributed by atoms with Crippen molar-refractivity contribution in [1.82, 2.24) is 15.0 Å². The van der Waals surface area contributed by atoms with Gasteiger partial charge in [-0.1, -0.05) is 153 Å². The molecule has 0 saturated carbocycles. The first-order chi connectivity index (χ1) is 32.5. The molecule has 0 aliphatic heterocycles. The average molecular weight is 848 g/mol. The first-order valence-electron chi connectivity index (χ1n) is 22.3. The summed E-state index contributed by atoms with van der Waals surface area (Å²) < 4.78 is 19.3. The molecule has 6 heteroatoms. The van der Waals surface area contributed by atoms with Crippen LogP contribution in [0.25, 0.3) is 133 Å². The third kappa shape index (κ3) is 5.33. The van der Waals surface area contributed by atoms with Crippen LogP contribution in [0.15, 0.2) is 201 Å². The Hall–Kier alpha value is -8.61. The second-order valence-corrected chi connectivity index (χ2v) is 17.8. The van der Waals surface area contributed by atoms with Crippen molar-refractivity contribution in [3.8, 4) is 67.5 Å². The Labute approximate surface area is 378 Å². The Kier molecular flexibility index (Phi) is 7.64. The van der Waals surface area contributed by atoms with Crippen molar-refractivity contribution in [1.29, 1.82) is 0 Å². The number of benzene rings is 9. The summed E-state index contributed by atoms with van der Waals surface area (Å²) in [6, 6.07) is 65.4. The molecule has 6 nitrogen and oxygen atoms in total. The third-order valence-corrected chi connectivity index (χ3v) is 13.7. The van der Waals surface area contributed by atoms with E-state index in [0.29, 0.717) is 17.5 Å². The molecule has 0 atom stereocenters. The number of aromatic nitrogens is 3. The van der Waals surface area contributed by atoms with E-state index in [-0.39, 0.29) is 5.41 Å². The highest BCUT2D eigenvalue weighted by Gasteiger charge is 2.37. The minimum absolute atomic E-state index is 0.129. The van der Waals surface area contributed by atoms with E-state index in [1.807, 2.05) is 72.8 Å². The van der Waals surface area contributed by atoms with Crippen LogP contribution in [0.4, 0.5) is 0 Å². The number of para-hydroxylation sites is 2. The van der Waals surface area contributed by atoms with Gasteiger partial charge in [-0.15, -0.1) is 0 Å². The fraction of sp³-hybridized carbons (Fsp3) is 0.0500. The standard InChI is InChI=1S/C60H37N3O3/c1-60(2)46-24-6-3-16-38(46)39-20-10-19-37(56(39)60)36-15-9-14-34(32-36)35-30-31-49-45(33-35)55-44(23-13-29-52(55)66-49)59-62-57(42-21-11-27-50-53(42)40-17-4-7-25-47(40)64-50)61-58(63-59)43-22-12-28-51-54(43)41-18-5-8-26-48(41)65-51/h3-33H,1-2H3. The fourth-order valence-corrected chi connectivity index (χ4v) is 10.8. The Bertz CT molecular complexity index is 4040. The highest BCUT2D eigenvalue weighted by atomic mass is 16.3. The molecule has 0 N–H and O–H groups in total. The van der Waals surface area contributed by atoms with E-state index in [0.717, 1.165) is 93.6 Å². The van der Waals surface area contributed by atoms with Gasteiger partial charge in [0.25, 0.3) is 0 Å². The summed E-state index contributed by atoms with van der Waals surface area (Å²) in [4.78, 5) is 16.0. The minimum atomic E-state index is -0.129. The Balaban J connectivity index is 0.968. The van der Waals surface area contributed by atoms with Crippen LogP contribution >= 0.6 is 0 Å². The lowest BCUT2D eigenvalue weighted by atomic mass is 9.78. The molecule has 66 heavy (non-hydrogen) atoms. The lowest BCUT2D eigenvalue weighted by molar-refractivity contribution is 0.662. The van der Waals surface area contributed by atoms with Crippen molar-refractivity contribution in [2.24, 2.45) is 0 Å². The fourth-order valence-electron chi connectivity index (χ4n) is 10.8. The highest BCUT2D eigenvalue weighted by Crippen LogP contribution is 2.52. The molecule has 1 aliphatic rings. The zero-order chi connectivity index (χ0) is 43.7. The summed E-state index contributed by atoms with van der Waals surface area (Å²) in [5, 5.41) is 5.83. The first-order valence-corrected chi connectivity index (χ1v) is 22.3. The van der Waals surface area contributed by atoms with Gasteiger partial charge >= 0.3 is 0 Å². The van der Waals surface area contributed by atoms with Crippen molar-refractivity contribution in [3.63, 3.8) is 0 Å². The lowest BCUT2D eigenvalue weighted by Gasteiger charge is -2.24. The van der Waals surface area contributed by atoms with Crippen LogP contribution in [0.2, 0.25) is 0 Å². The zero-order valence-corrected chi connectivity index (χ0v) is 36.0. The van der Waals surface area contributed by atoms with Crippen LogP contribution in [0.5, 0.6) is 0 Å². The average Bonchev–Trinajstić information content (AvgIpc) is 4.12. The van der Waals surface area contributed by atoms with E-state index in [1.54, 1.807) is 0 Å². The highest BCUT2D eigenvalue weighted by molar-refractivity contribution is 6.15. The Morgan fingerprint density at radius 3 is 1.36 bits per heavy atom. The predicted molar refractivity (Wildman–Crippen MR) is 266 cm³/mol. The summed E-state index contributed by atoms with van der Waals surface area (Å²) in [6.45, 7) is 4.69. The van der Waals surface area contributed by atoms with Gasteiger partial charge in [0, 0.05) is 54.4 Å². The maximum Gasteiger partial charge on any atom is 0.164 e. The van der Waals surface area contributed by atoms with E-state index < -0.39 is 0 Å². The Morgan fingerprint density at radius 1 is 0.318 bits per heavy atom. The monoisotopic (exact) mass is 847 g/mol. The molecule has 14 rings (SSSR count). The molecular weight excluding hydrogens is 811 g/mol. The van der Waals surface area contributed by atoms with Crippen LogP contribution < -0.4 is 0 Å². The van der Waals surface area contributed by atoms with Crippen LogP contribution in [0.1, 0.15) is 25.0 Å². The molecule has 4 heterocycles. The van der Waals surface area contributed by atoms with E-state index >= 15 is 0 Å². The number of hydrogen-bond donors (Lipinski definition) is 0. The van der Waals surface area contributed by atoms with Crippen molar-refractivity contribution >= 4 is 65.8 Å². The molecule has 310 valence electrons. The normalized spacial score (nSPS) is 13.1. The molecule has 0 bridgehead atoms. The van der Waals surface area contributed by atoms with Gasteiger partial charge in [0.05, 0.1) is 0 Å². The molecular formula is C60H37N3O3. The quantitative estimate of drug-likeness (QED) is 0.172. The maximum absolute atomic E-state index is 6.63. The maximum atomic E-state index is 6.63. The Morgan fingerprint density at radius 2 is 0.742 bits per heavy atom. The zero-order valence-electron chi connectivity index (χ0n) is 36.0. The molecule has 0 fully saturated rings. The number of nitrogens with zero attached hydrogens (tertiary/aromatic N) is 3. The minimum Gasteiger partial charge on any atom is -0.456 e. The van der Waals surface area contributed by atoms with Crippen LogP contribution in [-0.4, -0.2) is 15.0 Å². The van der Waals surface area contributed by atoms with Gasteiger partial charge in [-0.25, -0.2) is 15.0 Å². The molecule has 1 aliphatic carbocycles. The summed E-state index contributed by atoms with van der Waals surface area (Å²) in [5.74, 6) is 1.61. The summed E-state index contributed by atoms with van der Waals surface area (Å²) >= 11 is 0. The molecule has 0 radical (unpaired) electrons. The SMILES string of the molecule is CC1(C)c2ccccc2-c2cccc(-c3cccc(-c4ccc5oc6cccc(-c7nc(-c8cccc9oc%10ccccc%10c89)nc(-c8cccc9oc%10ccccc%10c89)n7)c6c5c4)c3)c21. The van der Waals surface area contributed by atoms with Gasteiger partial charge in [-0.05, 0) is 93.0 Å². The smallest absolute Gasteiger partial charge is 0.164 e. The molecule has 0 spiro atoms. The van der Waals surface area contributed by atoms with Crippen LogP contribution in [0, 0.1) is 0 Å². The van der Waals surface area contributed by atoms with Gasteiger partial charge in [0.15, 0.2) is 17.5 Å². The van der Waals surface area contributed by atoms with Gasteiger partial charge in [0.2, 0.25) is 0 Å². The van der Waals surface area contributed by atoms with E-state index in [2.05, 4.69) is 129 Å². The largest absolute Gasteiger partial charge is 0.456 e. The lowest BCUT2D eigenvalue weighted by Crippen LogP contribution is -2.16. The van der Waals surface area contributed by atoms with Crippen molar-refractivity contribution < 1.29 is 13.3 Å². The molecule has 0 saturated heterocycles. The molecule has 0 amide bonds. The number of fused-ring (bicyclic) bond motifs is 12. The van der Waals surface area contributed by atoms with Crippen molar-refractivity contribution in [2.75, 3.05) is 0 Å². The topological polar surface area (TPSA) is 78.1 Å². The summed E-state index contributed by atoms with van der Waals surface area (Å²) in [6.07, 6.45) is 0. The van der Waals surface area contributed by atoms with Gasteiger partial charge in [-0.3, -0.25) is 0 Å². The van der Waals surface area contributed by atoms with Crippen LogP contribution in [0.3, 0.4) is 0 Å². The first kappa shape index (κ1) is 36.8. The number of furan rings is 3. The number of hydrogen-bond acceptors (Lipinski definition) is 6. The summed E-state index contributed by atoms with van der Waals surface area (Å²) in [7, 11) is 0. The molecule has 13 aromatic rings. The summed E-state index contributed by atoms with van der Waals surface area (Å²) in [5.41, 5.74) is 17.1. The number of rotatable bonds is 5. The van der Waals surface area contributed by atoms with E-state index in [1.165, 1.54) is 33.4 Å². The van der Waals surface area contributed by atoms with Gasteiger partial charge in [-0.2, -0.15) is 0 Å². The second-order valence-electron chi connectivity index (χ2n) is 17.8.